The van der Waals surface area contributed by atoms with Crippen molar-refractivity contribution in [2.45, 2.75) is 13.0 Å². The van der Waals surface area contributed by atoms with Gasteiger partial charge in [-0.25, -0.2) is 4.79 Å². The number of carbonyl (C=O) groups excluding carboxylic acids is 1. The minimum Gasteiger partial charge on any atom is -0.336 e. The number of aryl methyl sites for hydroxylation is 1. The van der Waals surface area contributed by atoms with Crippen molar-refractivity contribution < 1.29 is 4.79 Å². The third kappa shape index (κ3) is 1.32. The molecule has 1 unspecified atom stereocenters. The average Bonchev–Trinajstić information content (AvgIpc) is 2.73. The van der Waals surface area contributed by atoms with Crippen molar-refractivity contribution in [2.24, 2.45) is 7.05 Å². The maximum absolute atomic E-state index is 11.4. The summed E-state index contributed by atoms with van der Waals surface area (Å²) in [6.45, 7) is 3.39. The van der Waals surface area contributed by atoms with Gasteiger partial charge in [-0.15, -0.1) is 10.2 Å². The second kappa shape index (κ2) is 3.28. The fourth-order valence-electron chi connectivity index (χ4n) is 1.67. The zero-order valence-corrected chi connectivity index (χ0v) is 8.27. The normalized spacial score (nSPS) is 18.4. The smallest absolute Gasteiger partial charge is 0.318 e. The molecule has 0 bridgehead atoms. The van der Waals surface area contributed by atoms with Crippen molar-refractivity contribution in [3.63, 3.8) is 0 Å². The minimum absolute atomic E-state index is 0.0231. The maximum atomic E-state index is 11.4. The van der Waals surface area contributed by atoms with Gasteiger partial charge in [0.25, 0.3) is 0 Å². The van der Waals surface area contributed by atoms with Crippen LogP contribution in [-0.2, 0) is 7.05 Å². The molecule has 0 radical (unpaired) electrons. The molecule has 14 heavy (non-hydrogen) atoms. The Morgan fingerprint density at radius 1 is 1.64 bits per heavy atom. The van der Waals surface area contributed by atoms with Gasteiger partial charge in [-0.2, -0.15) is 0 Å². The van der Waals surface area contributed by atoms with Gasteiger partial charge >= 0.3 is 6.03 Å². The maximum Gasteiger partial charge on any atom is 0.318 e. The highest BCUT2D eigenvalue weighted by atomic mass is 16.2. The van der Waals surface area contributed by atoms with Gasteiger partial charge in [0.15, 0.2) is 5.82 Å². The Bertz CT molecular complexity index is 347. The van der Waals surface area contributed by atoms with E-state index in [0.717, 1.165) is 12.4 Å². The van der Waals surface area contributed by atoms with Gasteiger partial charge in [0.2, 0.25) is 0 Å². The summed E-state index contributed by atoms with van der Waals surface area (Å²) in [5.41, 5.74) is 0. The number of nitrogens with one attached hydrogen (secondary N) is 1. The van der Waals surface area contributed by atoms with Crippen molar-refractivity contribution in [2.75, 3.05) is 13.1 Å². The van der Waals surface area contributed by atoms with Gasteiger partial charge in [0.1, 0.15) is 6.33 Å². The lowest BCUT2D eigenvalue weighted by molar-refractivity contribution is 0.199. The van der Waals surface area contributed by atoms with Crippen LogP contribution in [0, 0.1) is 0 Å². The number of hydrogen-bond acceptors (Lipinski definition) is 3. The molecule has 1 fully saturated rings. The average molecular weight is 195 g/mol. The number of urea groups is 1. The Morgan fingerprint density at radius 3 is 2.93 bits per heavy atom. The number of amides is 2. The van der Waals surface area contributed by atoms with E-state index in [4.69, 9.17) is 0 Å². The first kappa shape index (κ1) is 8.98. The number of nitrogens with zero attached hydrogens (tertiary/aromatic N) is 4. The van der Waals surface area contributed by atoms with Gasteiger partial charge < -0.3 is 14.8 Å². The van der Waals surface area contributed by atoms with E-state index < -0.39 is 0 Å². The van der Waals surface area contributed by atoms with Crippen LogP contribution >= 0.6 is 0 Å². The summed E-state index contributed by atoms with van der Waals surface area (Å²) in [5, 5.41) is 10.5. The van der Waals surface area contributed by atoms with Crippen molar-refractivity contribution in [1.82, 2.24) is 25.0 Å². The monoisotopic (exact) mass is 195 g/mol. The molecule has 1 atom stereocenters. The Morgan fingerprint density at radius 2 is 2.43 bits per heavy atom. The standard InChI is InChI=1S/C8H13N5O/c1-6(7-11-10-5-12(7)2)13-4-3-9-8(13)14/h5-6H,3-4H2,1-2H3,(H,9,14). The summed E-state index contributed by atoms with van der Waals surface area (Å²) in [4.78, 5) is 13.1. The van der Waals surface area contributed by atoms with Crippen molar-refractivity contribution in [3.8, 4) is 0 Å². The van der Waals surface area contributed by atoms with Crippen LogP contribution in [0.15, 0.2) is 6.33 Å². The molecule has 1 aliphatic heterocycles. The molecular weight excluding hydrogens is 182 g/mol. The van der Waals surface area contributed by atoms with Gasteiger partial charge in [-0.1, -0.05) is 0 Å². The molecule has 76 valence electrons. The van der Waals surface area contributed by atoms with Gasteiger partial charge in [-0.3, -0.25) is 0 Å². The van der Waals surface area contributed by atoms with E-state index in [2.05, 4.69) is 15.5 Å². The van der Waals surface area contributed by atoms with Crippen LogP contribution in [-0.4, -0.2) is 38.8 Å². The highest BCUT2D eigenvalue weighted by molar-refractivity contribution is 5.76. The number of carbonyl (C=O) groups is 1. The Labute approximate surface area is 81.9 Å². The fraction of sp³-hybridized carbons (Fsp3) is 0.625. The second-order valence-electron chi connectivity index (χ2n) is 3.40. The first-order valence-electron chi connectivity index (χ1n) is 4.58. The molecule has 2 amide bonds. The molecule has 0 spiro atoms. The topological polar surface area (TPSA) is 63.1 Å². The summed E-state index contributed by atoms with van der Waals surface area (Å²) in [6, 6.07) is -0.0505. The van der Waals surface area contributed by atoms with Crippen LogP contribution in [0.4, 0.5) is 4.79 Å². The molecule has 6 heteroatoms. The van der Waals surface area contributed by atoms with Gasteiger partial charge in [0, 0.05) is 20.1 Å². The summed E-state index contributed by atoms with van der Waals surface area (Å²) in [6.07, 6.45) is 1.64. The first-order chi connectivity index (χ1) is 6.70. The molecule has 0 aliphatic carbocycles. The molecule has 1 saturated heterocycles. The van der Waals surface area contributed by atoms with Crippen LogP contribution in [0.3, 0.4) is 0 Å². The lowest BCUT2D eigenvalue weighted by atomic mass is 10.3. The Hall–Kier alpha value is -1.59. The van der Waals surface area contributed by atoms with Crippen LogP contribution in [0.1, 0.15) is 18.8 Å². The van der Waals surface area contributed by atoms with Gasteiger partial charge in [0.05, 0.1) is 6.04 Å². The second-order valence-corrected chi connectivity index (χ2v) is 3.40. The van der Waals surface area contributed by atoms with E-state index in [-0.39, 0.29) is 12.1 Å². The zero-order chi connectivity index (χ0) is 10.1. The lowest BCUT2D eigenvalue weighted by Crippen LogP contribution is -2.32. The minimum atomic E-state index is -0.0273. The van der Waals surface area contributed by atoms with E-state index in [1.807, 2.05) is 18.5 Å². The molecule has 2 rings (SSSR count). The third-order valence-electron chi connectivity index (χ3n) is 2.48. The first-order valence-corrected chi connectivity index (χ1v) is 4.58. The van der Waals surface area contributed by atoms with Gasteiger partial charge in [-0.05, 0) is 6.92 Å². The van der Waals surface area contributed by atoms with Crippen LogP contribution in [0.2, 0.25) is 0 Å². The summed E-state index contributed by atoms with van der Waals surface area (Å²) in [7, 11) is 1.87. The Balaban J connectivity index is 2.19. The van der Waals surface area contributed by atoms with E-state index in [9.17, 15) is 4.79 Å². The number of aromatic nitrogens is 3. The van der Waals surface area contributed by atoms with E-state index in [0.29, 0.717) is 6.54 Å². The summed E-state index contributed by atoms with van der Waals surface area (Å²) < 4.78 is 1.83. The summed E-state index contributed by atoms with van der Waals surface area (Å²) in [5.74, 6) is 0.807. The van der Waals surface area contributed by atoms with Crippen molar-refractivity contribution >= 4 is 6.03 Å². The van der Waals surface area contributed by atoms with Crippen LogP contribution in [0.5, 0.6) is 0 Å². The number of hydrogen-bond donors (Lipinski definition) is 1. The third-order valence-corrected chi connectivity index (χ3v) is 2.48. The predicted molar refractivity (Wildman–Crippen MR) is 49.5 cm³/mol. The van der Waals surface area contributed by atoms with Crippen LogP contribution in [0.25, 0.3) is 0 Å². The summed E-state index contributed by atoms with van der Waals surface area (Å²) >= 11 is 0. The zero-order valence-electron chi connectivity index (χ0n) is 8.27. The molecule has 1 aliphatic rings. The Kier molecular flexibility index (Phi) is 2.11. The molecule has 1 aromatic heterocycles. The lowest BCUT2D eigenvalue weighted by Gasteiger charge is -2.21. The largest absolute Gasteiger partial charge is 0.336 e. The molecular formula is C8H13N5O. The van der Waals surface area contributed by atoms with Crippen molar-refractivity contribution in [3.05, 3.63) is 12.2 Å². The van der Waals surface area contributed by atoms with E-state index in [1.54, 1.807) is 11.2 Å². The SMILES string of the molecule is CC(c1nncn1C)N1CCNC1=O. The molecule has 2 heterocycles. The number of rotatable bonds is 2. The highest BCUT2D eigenvalue weighted by Crippen LogP contribution is 2.18. The molecule has 0 saturated carbocycles. The van der Waals surface area contributed by atoms with Crippen LogP contribution < -0.4 is 5.32 Å². The molecule has 0 aromatic carbocycles. The predicted octanol–water partition coefficient (Wildman–Crippen LogP) is -0.0987. The molecule has 6 nitrogen and oxygen atoms in total. The van der Waals surface area contributed by atoms with E-state index in [1.165, 1.54) is 0 Å². The van der Waals surface area contributed by atoms with Crippen molar-refractivity contribution in [1.29, 1.82) is 0 Å². The fourth-order valence-corrected chi connectivity index (χ4v) is 1.67. The highest BCUT2D eigenvalue weighted by Gasteiger charge is 2.27. The van der Waals surface area contributed by atoms with E-state index >= 15 is 0 Å². The molecule has 1 aromatic rings. The molecule has 1 N–H and O–H groups in total. The quantitative estimate of drug-likeness (QED) is 0.716.